The van der Waals surface area contributed by atoms with Crippen LogP contribution in [0.4, 0.5) is 0 Å². The summed E-state index contributed by atoms with van der Waals surface area (Å²) in [4.78, 5) is 15.7. The van der Waals surface area contributed by atoms with Gasteiger partial charge in [-0.2, -0.15) is 0 Å². The molecule has 0 bridgehead atoms. The van der Waals surface area contributed by atoms with Gasteiger partial charge in [-0.3, -0.25) is 0 Å². The van der Waals surface area contributed by atoms with Crippen LogP contribution in [0.2, 0.25) is 0 Å². The number of fused-ring (bicyclic) bond motifs is 3. The van der Waals surface area contributed by atoms with E-state index in [2.05, 4.69) is 218 Å². The van der Waals surface area contributed by atoms with E-state index >= 15 is 0 Å². The molecule has 314 valence electrons. The molecule has 0 aliphatic carbocycles. The summed E-state index contributed by atoms with van der Waals surface area (Å²) in [7, 11) is 0. The summed E-state index contributed by atoms with van der Waals surface area (Å²) in [5.41, 5.74) is 17.9. The van der Waals surface area contributed by atoms with Crippen LogP contribution in [0.3, 0.4) is 0 Å². The van der Waals surface area contributed by atoms with Gasteiger partial charge < -0.3 is 4.42 Å². The number of hydrogen-bond donors (Lipinski definition) is 0. The lowest BCUT2D eigenvalue weighted by molar-refractivity contribution is 0.670. The third kappa shape index (κ3) is 7.77. The van der Waals surface area contributed by atoms with Crippen LogP contribution in [0.1, 0.15) is 0 Å². The number of nitrogens with zero attached hydrogens (tertiary/aromatic N) is 3. The Balaban J connectivity index is 0.954. The van der Waals surface area contributed by atoms with Gasteiger partial charge in [-0.25, -0.2) is 15.0 Å². The second kappa shape index (κ2) is 17.2. The Morgan fingerprint density at radius 1 is 0.239 bits per heavy atom. The number of benzene rings is 10. The summed E-state index contributed by atoms with van der Waals surface area (Å²) >= 11 is 0. The Bertz CT molecular complexity index is 3680. The highest BCUT2D eigenvalue weighted by Gasteiger charge is 2.20. The summed E-state index contributed by atoms with van der Waals surface area (Å²) in [5, 5.41) is 1.97. The Morgan fingerprint density at radius 2 is 0.597 bits per heavy atom. The second-order valence-corrected chi connectivity index (χ2v) is 16.8. The minimum Gasteiger partial charge on any atom is -0.455 e. The zero-order chi connectivity index (χ0) is 44.5. The molecule has 0 unspecified atom stereocenters. The number of furan rings is 1. The third-order valence-electron chi connectivity index (χ3n) is 12.6. The van der Waals surface area contributed by atoms with Crippen LogP contribution < -0.4 is 0 Å². The van der Waals surface area contributed by atoms with Gasteiger partial charge >= 0.3 is 0 Å². The van der Waals surface area contributed by atoms with Crippen molar-refractivity contribution in [3.05, 3.63) is 249 Å². The molecule has 67 heavy (non-hydrogen) atoms. The average molecular weight is 856 g/mol. The molecular weight excluding hydrogens is 815 g/mol. The minimum absolute atomic E-state index is 0.573. The molecule has 12 aromatic rings. The van der Waals surface area contributed by atoms with Crippen molar-refractivity contribution in [3.8, 4) is 101 Å². The maximum Gasteiger partial charge on any atom is 0.164 e. The van der Waals surface area contributed by atoms with E-state index in [9.17, 15) is 0 Å². The highest BCUT2D eigenvalue weighted by atomic mass is 16.3. The van der Waals surface area contributed by atoms with Crippen molar-refractivity contribution >= 4 is 21.9 Å². The van der Waals surface area contributed by atoms with Crippen LogP contribution >= 0.6 is 0 Å². The summed E-state index contributed by atoms with van der Waals surface area (Å²) in [6.45, 7) is 0. The van der Waals surface area contributed by atoms with E-state index in [4.69, 9.17) is 19.4 Å². The van der Waals surface area contributed by atoms with Gasteiger partial charge in [-0.15, -0.1) is 0 Å². The van der Waals surface area contributed by atoms with Crippen LogP contribution in [-0.2, 0) is 0 Å². The Hall–Kier alpha value is -8.99. The van der Waals surface area contributed by atoms with Gasteiger partial charge in [0.25, 0.3) is 0 Å². The first kappa shape index (κ1) is 39.6. The molecule has 0 fully saturated rings. The molecule has 0 spiro atoms. The normalized spacial score (nSPS) is 11.3. The quantitative estimate of drug-likeness (QED) is 0.145. The lowest BCUT2D eigenvalue weighted by Crippen LogP contribution is -2.00. The highest BCUT2D eigenvalue weighted by molar-refractivity contribution is 6.15. The lowest BCUT2D eigenvalue weighted by atomic mass is 9.98. The molecule has 0 atom stereocenters. The fraction of sp³-hybridized carbons (Fsp3) is 0. The van der Waals surface area contributed by atoms with E-state index in [1.165, 1.54) is 33.4 Å². The van der Waals surface area contributed by atoms with Crippen molar-refractivity contribution in [2.24, 2.45) is 0 Å². The maximum atomic E-state index is 6.76. The molecule has 0 aliphatic rings. The first-order chi connectivity index (χ1) is 33.2. The van der Waals surface area contributed by atoms with Crippen molar-refractivity contribution in [2.75, 3.05) is 0 Å². The maximum absolute atomic E-state index is 6.76. The van der Waals surface area contributed by atoms with Gasteiger partial charge in [0.2, 0.25) is 0 Å². The van der Waals surface area contributed by atoms with Crippen LogP contribution in [0.25, 0.3) is 123 Å². The summed E-state index contributed by atoms with van der Waals surface area (Å²) in [6.07, 6.45) is 0. The third-order valence-corrected chi connectivity index (χ3v) is 12.6. The van der Waals surface area contributed by atoms with Crippen molar-refractivity contribution in [1.29, 1.82) is 0 Å². The summed E-state index contributed by atoms with van der Waals surface area (Å²) in [6, 6.07) is 87.0. The van der Waals surface area contributed by atoms with Crippen molar-refractivity contribution in [3.63, 3.8) is 0 Å². The Kier molecular flexibility index (Phi) is 10.2. The molecule has 0 saturated carbocycles. The molecule has 0 saturated heterocycles. The van der Waals surface area contributed by atoms with Crippen LogP contribution in [0.15, 0.2) is 253 Å². The van der Waals surface area contributed by atoms with Gasteiger partial charge in [0.15, 0.2) is 17.5 Å². The summed E-state index contributed by atoms with van der Waals surface area (Å²) in [5.74, 6) is 1.75. The summed E-state index contributed by atoms with van der Waals surface area (Å²) < 4.78 is 6.76. The zero-order valence-corrected chi connectivity index (χ0v) is 36.4. The zero-order valence-electron chi connectivity index (χ0n) is 36.4. The van der Waals surface area contributed by atoms with E-state index in [1.54, 1.807) is 0 Å². The van der Waals surface area contributed by atoms with E-state index in [1.807, 2.05) is 30.3 Å². The fourth-order valence-electron chi connectivity index (χ4n) is 9.11. The topological polar surface area (TPSA) is 51.8 Å². The van der Waals surface area contributed by atoms with Gasteiger partial charge in [-0.05, 0) is 73.3 Å². The van der Waals surface area contributed by atoms with E-state index in [0.717, 1.165) is 72.0 Å². The first-order valence-corrected chi connectivity index (χ1v) is 22.6. The minimum atomic E-state index is 0.573. The molecule has 0 radical (unpaired) electrons. The Labute approximate surface area is 389 Å². The number of hydrogen-bond acceptors (Lipinski definition) is 4. The van der Waals surface area contributed by atoms with Crippen LogP contribution in [-0.4, -0.2) is 15.0 Å². The van der Waals surface area contributed by atoms with Gasteiger partial charge in [0.1, 0.15) is 11.2 Å². The molecule has 0 N–H and O–H groups in total. The molecule has 2 aromatic heterocycles. The lowest BCUT2D eigenvalue weighted by Gasteiger charge is -2.11. The molecule has 0 aliphatic heterocycles. The van der Waals surface area contributed by atoms with Gasteiger partial charge in [-0.1, -0.05) is 237 Å². The second-order valence-electron chi connectivity index (χ2n) is 16.8. The molecule has 0 amide bonds. The number of aromatic nitrogens is 3. The fourth-order valence-corrected chi connectivity index (χ4v) is 9.11. The highest BCUT2D eigenvalue weighted by Crippen LogP contribution is 2.41. The van der Waals surface area contributed by atoms with Gasteiger partial charge in [0, 0.05) is 33.0 Å². The van der Waals surface area contributed by atoms with Crippen LogP contribution in [0, 0.1) is 0 Å². The molecule has 12 rings (SSSR count). The van der Waals surface area contributed by atoms with Crippen molar-refractivity contribution in [2.45, 2.75) is 0 Å². The Morgan fingerprint density at radius 3 is 1.12 bits per heavy atom. The molecule has 4 heteroatoms. The first-order valence-electron chi connectivity index (χ1n) is 22.6. The largest absolute Gasteiger partial charge is 0.455 e. The molecule has 2 heterocycles. The molecule has 10 aromatic carbocycles. The predicted molar refractivity (Wildman–Crippen MR) is 276 cm³/mol. The van der Waals surface area contributed by atoms with Crippen molar-refractivity contribution in [1.82, 2.24) is 15.0 Å². The monoisotopic (exact) mass is 855 g/mol. The van der Waals surface area contributed by atoms with E-state index in [0.29, 0.717) is 17.5 Å². The SMILES string of the molecule is c1ccc(-c2ccc(-c3ccc(-c4nc(-c5cccc(-c6ccc(-c7ccccc7)cc6)c5)nc(-c5cccc6oc7c(-c8ccc(-c9ccccc9)cc8)cccc7c56)n4)cc3)cc2)cc1. The molecular formula is C63H41N3O. The van der Waals surface area contributed by atoms with Crippen LogP contribution in [0.5, 0.6) is 0 Å². The van der Waals surface area contributed by atoms with E-state index in [-0.39, 0.29) is 0 Å². The van der Waals surface area contributed by atoms with Gasteiger partial charge in [0.05, 0.1) is 0 Å². The standard InChI is InChI=1S/C63H41N3O/c1-4-13-42(14-5-1)45-25-27-48(28-26-45)49-35-39-52(40-36-49)61-64-62(54-20-10-19-53(41-54)50-31-29-46(30-32-50)43-15-6-2-7-16-43)66-63(65-61)57-23-12-24-58-59(57)56-22-11-21-55(60(56)67-58)51-37-33-47(34-38-51)44-17-8-3-9-18-44/h1-41H. The number of rotatable bonds is 9. The predicted octanol–water partition coefficient (Wildman–Crippen LogP) is 16.8. The average Bonchev–Trinajstić information content (AvgIpc) is 3.81. The smallest absolute Gasteiger partial charge is 0.164 e. The van der Waals surface area contributed by atoms with E-state index < -0.39 is 0 Å². The van der Waals surface area contributed by atoms with Crippen molar-refractivity contribution < 1.29 is 4.42 Å². The number of para-hydroxylation sites is 1. The molecule has 4 nitrogen and oxygen atoms in total.